The molecule has 1 aromatic heterocycles. The smallest absolute Gasteiger partial charge is 0.219 e. The number of nitrogens with two attached hydrogens (primary N) is 1. The van der Waals surface area contributed by atoms with Gasteiger partial charge in [0.15, 0.2) is 0 Å². The average Bonchev–Trinajstić information content (AvgIpc) is 2.33. The van der Waals surface area contributed by atoms with Crippen molar-refractivity contribution in [3.63, 3.8) is 0 Å². The van der Waals surface area contributed by atoms with Crippen LogP contribution in [0.1, 0.15) is 11.1 Å². The summed E-state index contributed by atoms with van der Waals surface area (Å²) in [5.74, 6) is 0.615. The van der Waals surface area contributed by atoms with Crippen molar-refractivity contribution in [1.82, 2.24) is 4.98 Å². The van der Waals surface area contributed by atoms with Gasteiger partial charge in [0.2, 0.25) is 5.88 Å². The van der Waals surface area contributed by atoms with Gasteiger partial charge in [0.25, 0.3) is 0 Å². The number of nitrogens with zero attached hydrogens (tertiary/aromatic N) is 1. The summed E-state index contributed by atoms with van der Waals surface area (Å²) < 4.78 is 18.5. The predicted molar refractivity (Wildman–Crippen MR) is 71.3 cm³/mol. The van der Waals surface area contributed by atoms with Crippen LogP contribution in [0.5, 0.6) is 11.6 Å². The number of hydrogen-bond acceptors (Lipinski definition) is 3. The van der Waals surface area contributed by atoms with E-state index < -0.39 is 0 Å². The fraction of sp³-hybridized carbons (Fsp3) is 0.0769. The van der Waals surface area contributed by atoms with E-state index in [4.69, 9.17) is 22.7 Å². The molecule has 5 heteroatoms. The predicted octanol–water partition coefficient (Wildman–Crippen LogP) is 2.96. The lowest BCUT2D eigenvalue weighted by molar-refractivity contribution is 0.457. The molecule has 0 fully saturated rings. The van der Waals surface area contributed by atoms with Crippen LogP contribution in [-0.4, -0.2) is 9.97 Å². The number of aryl methyl sites for hydroxylation is 1. The zero-order valence-electron chi connectivity index (χ0n) is 9.68. The van der Waals surface area contributed by atoms with Gasteiger partial charge in [-0.2, -0.15) is 0 Å². The molecule has 0 amide bonds. The van der Waals surface area contributed by atoms with E-state index in [-0.39, 0.29) is 10.8 Å². The number of hydrogen-bond donors (Lipinski definition) is 1. The highest BCUT2D eigenvalue weighted by Crippen LogP contribution is 2.24. The zero-order chi connectivity index (χ0) is 13.1. The molecule has 0 saturated heterocycles. The first kappa shape index (κ1) is 12.4. The number of rotatable bonds is 3. The first-order chi connectivity index (χ1) is 8.56. The third kappa shape index (κ3) is 2.81. The fourth-order valence-corrected chi connectivity index (χ4v) is 1.59. The Bertz CT molecular complexity index is 601. The number of aromatic nitrogens is 1. The maximum Gasteiger partial charge on any atom is 0.219 e. The largest absolute Gasteiger partial charge is 0.439 e. The molecule has 92 valence electrons. The maximum atomic E-state index is 13.0. The Morgan fingerprint density at radius 2 is 2.11 bits per heavy atom. The first-order valence-electron chi connectivity index (χ1n) is 5.26. The number of pyridine rings is 1. The molecule has 0 radical (unpaired) electrons. The minimum Gasteiger partial charge on any atom is -0.439 e. The molecule has 0 spiro atoms. The molecule has 0 unspecified atom stereocenters. The van der Waals surface area contributed by atoms with Crippen LogP contribution in [0.2, 0.25) is 0 Å². The van der Waals surface area contributed by atoms with Gasteiger partial charge in [-0.1, -0.05) is 12.2 Å². The molecule has 0 atom stereocenters. The highest BCUT2D eigenvalue weighted by molar-refractivity contribution is 7.80. The van der Waals surface area contributed by atoms with Crippen molar-refractivity contribution >= 4 is 17.2 Å². The van der Waals surface area contributed by atoms with Crippen LogP contribution in [0, 0.1) is 12.7 Å². The standard InChI is InChI=1S/C13H11FN2OS/c1-8-6-10(14)2-3-11(8)17-12-7-9(13(15)18)4-5-16-12/h2-7H,1H3,(H2,15,18). The normalized spacial score (nSPS) is 10.1. The molecular formula is C13H11FN2OS. The molecule has 18 heavy (non-hydrogen) atoms. The molecule has 2 aromatic rings. The van der Waals surface area contributed by atoms with Gasteiger partial charge in [-0.3, -0.25) is 0 Å². The van der Waals surface area contributed by atoms with Crippen molar-refractivity contribution in [3.05, 3.63) is 53.5 Å². The van der Waals surface area contributed by atoms with E-state index in [2.05, 4.69) is 4.98 Å². The van der Waals surface area contributed by atoms with E-state index in [1.54, 1.807) is 31.3 Å². The quantitative estimate of drug-likeness (QED) is 0.864. The average molecular weight is 262 g/mol. The summed E-state index contributed by atoms with van der Waals surface area (Å²) in [6.45, 7) is 1.76. The Labute approximate surface area is 109 Å². The minimum absolute atomic E-state index is 0.276. The van der Waals surface area contributed by atoms with E-state index >= 15 is 0 Å². The Balaban J connectivity index is 2.28. The van der Waals surface area contributed by atoms with Gasteiger partial charge < -0.3 is 10.5 Å². The first-order valence-corrected chi connectivity index (χ1v) is 5.67. The topological polar surface area (TPSA) is 48.1 Å². The molecule has 0 aliphatic rings. The lowest BCUT2D eigenvalue weighted by atomic mass is 10.2. The minimum atomic E-state index is -0.301. The van der Waals surface area contributed by atoms with Crippen LogP contribution >= 0.6 is 12.2 Å². The third-order valence-electron chi connectivity index (χ3n) is 2.37. The lowest BCUT2D eigenvalue weighted by Crippen LogP contribution is -2.09. The van der Waals surface area contributed by atoms with E-state index in [1.807, 2.05) is 0 Å². The molecule has 1 aromatic carbocycles. The van der Waals surface area contributed by atoms with E-state index in [0.29, 0.717) is 22.8 Å². The van der Waals surface area contributed by atoms with Crippen LogP contribution in [-0.2, 0) is 0 Å². The number of halogens is 1. The summed E-state index contributed by atoms with van der Waals surface area (Å²) in [4.78, 5) is 4.33. The van der Waals surface area contributed by atoms with Crippen molar-refractivity contribution in [2.45, 2.75) is 6.92 Å². The Kier molecular flexibility index (Phi) is 3.53. The van der Waals surface area contributed by atoms with Gasteiger partial charge in [-0.05, 0) is 36.8 Å². The molecular weight excluding hydrogens is 251 g/mol. The monoisotopic (exact) mass is 262 g/mol. The zero-order valence-corrected chi connectivity index (χ0v) is 10.5. The van der Waals surface area contributed by atoms with Gasteiger partial charge in [0.1, 0.15) is 16.6 Å². The highest BCUT2D eigenvalue weighted by atomic mass is 32.1. The van der Waals surface area contributed by atoms with Crippen LogP contribution in [0.3, 0.4) is 0 Å². The molecule has 0 aliphatic carbocycles. The Morgan fingerprint density at radius 1 is 1.33 bits per heavy atom. The van der Waals surface area contributed by atoms with Gasteiger partial charge in [0, 0.05) is 17.8 Å². The van der Waals surface area contributed by atoms with E-state index in [0.717, 1.165) is 0 Å². The number of thiocarbonyl (C=S) groups is 1. The van der Waals surface area contributed by atoms with Gasteiger partial charge in [-0.15, -0.1) is 0 Å². The van der Waals surface area contributed by atoms with Crippen molar-refractivity contribution in [2.75, 3.05) is 0 Å². The van der Waals surface area contributed by atoms with Crippen molar-refractivity contribution in [1.29, 1.82) is 0 Å². The second kappa shape index (κ2) is 5.10. The van der Waals surface area contributed by atoms with Crippen molar-refractivity contribution < 1.29 is 9.13 Å². The van der Waals surface area contributed by atoms with Gasteiger partial charge >= 0.3 is 0 Å². The summed E-state index contributed by atoms with van der Waals surface area (Å²) in [7, 11) is 0. The van der Waals surface area contributed by atoms with Gasteiger partial charge in [-0.25, -0.2) is 9.37 Å². The summed E-state index contributed by atoms with van der Waals surface area (Å²) in [6.07, 6.45) is 1.56. The summed E-state index contributed by atoms with van der Waals surface area (Å²) in [5.41, 5.74) is 6.89. The third-order valence-corrected chi connectivity index (χ3v) is 2.61. The fourth-order valence-electron chi connectivity index (χ4n) is 1.46. The van der Waals surface area contributed by atoms with Crippen molar-refractivity contribution in [3.8, 4) is 11.6 Å². The number of benzene rings is 1. The molecule has 0 saturated carbocycles. The van der Waals surface area contributed by atoms with Crippen LogP contribution in [0.4, 0.5) is 4.39 Å². The van der Waals surface area contributed by atoms with Crippen LogP contribution < -0.4 is 10.5 Å². The second-order valence-electron chi connectivity index (χ2n) is 3.76. The van der Waals surface area contributed by atoms with Crippen LogP contribution in [0.25, 0.3) is 0 Å². The molecule has 1 heterocycles. The molecule has 2 N–H and O–H groups in total. The summed E-state index contributed by atoms with van der Waals surface area (Å²) in [5, 5.41) is 0. The lowest BCUT2D eigenvalue weighted by Gasteiger charge is -2.08. The SMILES string of the molecule is Cc1cc(F)ccc1Oc1cc(C(N)=S)ccn1. The van der Waals surface area contributed by atoms with E-state index in [9.17, 15) is 4.39 Å². The highest BCUT2D eigenvalue weighted by Gasteiger charge is 2.05. The Morgan fingerprint density at radius 3 is 2.78 bits per heavy atom. The van der Waals surface area contributed by atoms with Crippen molar-refractivity contribution in [2.24, 2.45) is 5.73 Å². The molecule has 0 bridgehead atoms. The number of ether oxygens (including phenoxy) is 1. The maximum absolute atomic E-state index is 13.0. The summed E-state index contributed by atoms with van der Waals surface area (Å²) in [6, 6.07) is 7.63. The molecule has 2 rings (SSSR count). The van der Waals surface area contributed by atoms with Gasteiger partial charge in [0.05, 0.1) is 0 Å². The van der Waals surface area contributed by atoms with E-state index in [1.165, 1.54) is 12.1 Å². The Hall–Kier alpha value is -2.01. The second-order valence-corrected chi connectivity index (χ2v) is 4.20. The molecule has 3 nitrogen and oxygen atoms in total. The molecule has 0 aliphatic heterocycles. The summed E-state index contributed by atoms with van der Waals surface area (Å²) >= 11 is 4.87. The van der Waals surface area contributed by atoms with Crippen LogP contribution in [0.15, 0.2) is 36.5 Å².